The van der Waals surface area contributed by atoms with E-state index in [9.17, 15) is 4.79 Å². The van der Waals surface area contributed by atoms with Crippen molar-refractivity contribution in [2.45, 2.75) is 31.2 Å². The van der Waals surface area contributed by atoms with Crippen LogP contribution in [0.1, 0.15) is 31.4 Å². The smallest absolute Gasteiger partial charge is 0.244 e. The third-order valence-electron chi connectivity index (χ3n) is 4.70. The van der Waals surface area contributed by atoms with Gasteiger partial charge in [-0.05, 0) is 37.5 Å². The first-order valence-corrected chi connectivity index (χ1v) is 8.44. The van der Waals surface area contributed by atoms with Gasteiger partial charge in [0, 0.05) is 30.2 Å². The Hall–Kier alpha value is -1.92. The highest BCUT2D eigenvalue weighted by atomic mass is 35.5. The molecule has 0 bridgehead atoms. The Morgan fingerprint density at radius 3 is 2.92 bits per heavy atom. The average Bonchev–Trinajstić information content (AvgIpc) is 3.14. The molecule has 128 valence electrons. The summed E-state index contributed by atoms with van der Waals surface area (Å²) in [5.41, 5.74) is 0.993. The number of hydrogen-bond donors (Lipinski definition) is 1. The number of amides is 1. The predicted molar refractivity (Wildman–Crippen MR) is 90.9 cm³/mol. The van der Waals surface area contributed by atoms with Crippen LogP contribution in [0, 0.1) is 0 Å². The molecule has 0 spiro atoms. The van der Waals surface area contributed by atoms with Crippen molar-refractivity contribution in [1.29, 1.82) is 0 Å². The Morgan fingerprint density at radius 1 is 1.46 bits per heavy atom. The molecular formula is C17H21ClN4O2. The van der Waals surface area contributed by atoms with Gasteiger partial charge in [0.05, 0.1) is 0 Å². The molecule has 1 aromatic carbocycles. The van der Waals surface area contributed by atoms with Crippen molar-refractivity contribution in [2.24, 2.45) is 0 Å². The van der Waals surface area contributed by atoms with Gasteiger partial charge in [0.2, 0.25) is 5.91 Å². The van der Waals surface area contributed by atoms with Gasteiger partial charge in [-0.1, -0.05) is 23.7 Å². The van der Waals surface area contributed by atoms with E-state index >= 15 is 0 Å². The first-order valence-electron chi connectivity index (χ1n) is 8.06. The molecule has 1 saturated heterocycles. The second-order valence-corrected chi connectivity index (χ2v) is 6.61. The Labute approximate surface area is 146 Å². The fourth-order valence-corrected chi connectivity index (χ4v) is 3.28. The van der Waals surface area contributed by atoms with Gasteiger partial charge in [0.25, 0.3) is 0 Å². The number of nitrogens with zero attached hydrogens (tertiary/aromatic N) is 3. The van der Waals surface area contributed by atoms with Crippen molar-refractivity contribution in [3.8, 4) is 0 Å². The summed E-state index contributed by atoms with van der Waals surface area (Å²) in [4.78, 5) is 16.4. The van der Waals surface area contributed by atoms with E-state index < -0.39 is 6.04 Å². The molecule has 0 unspecified atom stereocenters. The molecule has 3 rings (SSSR count). The summed E-state index contributed by atoms with van der Waals surface area (Å²) in [6.07, 6.45) is 4.68. The van der Waals surface area contributed by atoms with Gasteiger partial charge in [0.1, 0.15) is 18.7 Å². The minimum Gasteiger partial charge on any atom is -0.381 e. The Kier molecular flexibility index (Phi) is 5.16. The van der Waals surface area contributed by atoms with Gasteiger partial charge >= 0.3 is 0 Å². The summed E-state index contributed by atoms with van der Waals surface area (Å²) in [5.74, 6) is -0.0756. The summed E-state index contributed by atoms with van der Waals surface area (Å²) in [6.45, 7) is 3.72. The van der Waals surface area contributed by atoms with Crippen LogP contribution in [0.3, 0.4) is 0 Å². The zero-order valence-electron chi connectivity index (χ0n) is 13.6. The van der Waals surface area contributed by atoms with Crippen molar-refractivity contribution in [3.63, 3.8) is 0 Å². The van der Waals surface area contributed by atoms with Crippen molar-refractivity contribution in [1.82, 2.24) is 20.1 Å². The van der Waals surface area contributed by atoms with Crippen LogP contribution in [0.5, 0.6) is 0 Å². The number of benzene rings is 1. The largest absolute Gasteiger partial charge is 0.381 e. The van der Waals surface area contributed by atoms with Crippen LogP contribution >= 0.6 is 11.6 Å². The quantitative estimate of drug-likeness (QED) is 0.900. The molecule has 0 radical (unpaired) electrons. The lowest BCUT2D eigenvalue weighted by atomic mass is 9.74. The first-order chi connectivity index (χ1) is 11.6. The Morgan fingerprint density at radius 2 is 2.25 bits per heavy atom. The highest BCUT2D eigenvalue weighted by molar-refractivity contribution is 6.30. The SMILES string of the molecule is C[C@H](C(=O)NCC1(c2cccc(Cl)c2)CCOCC1)n1cncn1. The summed E-state index contributed by atoms with van der Waals surface area (Å²) < 4.78 is 7.07. The molecule has 2 aromatic rings. The van der Waals surface area contributed by atoms with E-state index in [1.807, 2.05) is 18.2 Å². The minimum absolute atomic E-state index is 0.0756. The lowest BCUT2D eigenvalue weighted by molar-refractivity contribution is -0.124. The third kappa shape index (κ3) is 3.60. The number of rotatable bonds is 5. The number of hydrogen-bond acceptors (Lipinski definition) is 4. The zero-order valence-corrected chi connectivity index (χ0v) is 14.4. The molecular weight excluding hydrogens is 328 g/mol. The zero-order chi connectivity index (χ0) is 17.0. The van der Waals surface area contributed by atoms with Gasteiger partial charge < -0.3 is 10.1 Å². The van der Waals surface area contributed by atoms with Crippen molar-refractivity contribution in [2.75, 3.05) is 19.8 Å². The number of halogens is 1. The third-order valence-corrected chi connectivity index (χ3v) is 4.94. The van der Waals surface area contributed by atoms with Crippen LogP contribution in [0.15, 0.2) is 36.9 Å². The van der Waals surface area contributed by atoms with E-state index in [-0.39, 0.29) is 11.3 Å². The minimum atomic E-state index is -0.399. The van der Waals surface area contributed by atoms with Crippen LogP contribution in [0.25, 0.3) is 0 Å². The Bertz CT molecular complexity index is 684. The van der Waals surface area contributed by atoms with E-state index in [1.54, 1.807) is 17.9 Å². The molecule has 24 heavy (non-hydrogen) atoms. The topological polar surface area (TPSA) is 69.0 Å². The van der Waals surface area contributed by atoms with Gasteiger partial charge in [-0.2, -0.15) is 5.10 Å². The lowest BCUT2D eigenvalue weighted by Crippen LogP contribution is -2.46. The maximum atomic E-state index is 12.5. The second kappa shape index (κ2) is 7.32. The molecule has 2 heterocycles. The number of ether oxygens (including phenoxy) is 1. The summed E-state index contributed by atoms with van der Waals surface area (Å²) in [6, 6.07) is 7.48. The molecule has 6 nitrogen and oxygen atoms in total. The molecule has 1 N–H and O–H groups in total. The first kappa shape index (κ1) is 16.9. The molecule has 1 amide bonds. The van der Waals surface area contributed by atoms with Crippen LogP contribution in [0.2, 0.25) is 5.02 Å². The van der Waals surface area contributed by atoms with Crippen molar-refractivity contribution in [3.05, 3.63) is 47.5 Å². The highest BCUT2D eigenvalue weighted by Gasteiger charge is 2.35. The molecule has 1 atom stereocenters. The van der Waals surface area contributed by atoms with Crippen LogP contribution in [-0.2, 0) is 14.9 Å². The fraction of sp³-hybridized carbons (Fsp3) is 0.471. The van der Waals surface area contributed by atoms with E-state index in [1.165, 1.54) is 6.33 Å². The molecule has 7 heteroatoms. The van der Waals surface area contributed by atoms with Crippen molar-refractivity contribution < 1.29 is 9.53 Å². The standard InChI is InChI=1S/C17H21ClN4O2/c1-13(22-12-19-11-21-22)16(23)20-10-17(5-7-24-8-6-17)14-3-2-4-15(18)9-14/h2-4,9,11-13H,5-8,10H2,1H3,(H,20,23)/t13-/m1/s1. The number of aromatic nitrogens is 3. The molecule has 1 fully saturated rings. The van der Waals surface area contributed by atoms with Crippen LogP contribution < -0.4 is 5.32 Å². The maximum Gasteiger partial charge on any atom is 0.244 e. The van der Waals surface area contributed by atoms with Gasteiger partial charge in [-0.3, -0.25) is 4.79 Å². The van der Waals surface area contributed by atoms with Crippen LogP contribution in [-0.4, -0.2) is 40.4 Å². The average molecular weight is 349 g/mol. The predicted octanol–water partition coefficient (Wildman–Crippen LogP) is 2.36. The summed E-state index contributed by atoms with van der Waals surface area (Å²) >= 11 is 6.17. The molecule has 0 saturated carbocycles. The molecule has 1 aromatic heterocycles. The number of carbonyl (C=O) groups excluding carboxylic acids is 1. The van der Waals surface area contributed by atoms with E-state index in [0.717, 1.165) is 18.4 Å². The Balaban J connectivity index is 1.74. The van der Waals surface area contributed by atoms with Crippen molar-refractivity contribution >= 4 is 17.5 Å². The molecule has 1 aliphatic rings. The van der Waals surface area contributed by atoms with Gasteiger partial charge in [-0.25, -0.2) is 9.67 Å². The van der Waals surface area contributed by atoms with Gasteiger partial charge in [-0.15, -0.1) is 0 Å². The number of carbonyl (C=O) groups is 1. The molecule has 0 aliphatic carbocycles. The van der Waals surface area contributed by atoms with E-state index in [2.05, 4.69) is 21.5 Å². The monoisotopic (exact) mass is 348 g/mol. The number of nitrogens with one attached hydrogen (secondary N) is 1. The second-order valence-electron chi connectivity index (χ2n) is 6.17. The van der Waals surface area contributed by atoms with E-state index in [4.69, 9.17) is 16.3 Å². The maximum absolute atomic E-state index is 12.5. The fourth-order valence-electron chi connectivity index (χ4n) is 3.09. The summed E-state index contributed by atoms with van der Waals surface area (Å²) in [7, 11) is 0. The molecule has 1 aliphatic heterocycles. The van der Waals surface area contributed by atoms with E-state index in [0.29, 0.717) is 24.8 Å². The highest BCUT2D eigenvalue weighted by Crippen LogP contribution is 2.35. The van der Waals surface area contributed by atoms with Crippen LogP contribution in [0.4, 0.5) is 0 Å². The normalized spacial score (nSPS) is 18.1. The summed E-state index contributed by atoms with van der Waals surface area (Å²) in [5, 5.41) is 7.81. The van der Waals surface area contributed by atoms with Gasteiger partial charge in [0.15, 0.2) is 0 Å². The lowest BCUT2D eigenvalue weighted by Gasteiger charge is -2.38.